The number of benzene rings is 1. The van der Waals surface area contributed by atoms with E-state index < -0.39 is 18.8 Å². The summed E-state index contributed by atoms with van der Waals surface area (Å²) in [4.78, 5) is 24.2. The van der Waals surface area contributed by atoms with Crippen molar-refractivity contribution in [1.82, 2.24) is 9.47 Å². The summed E-state index contributed by atoms with van der Waals surface area (Å²) >= 11 is 0. The number of alkyl halides is 4. The highest BCUT2D eigenvalue weighted by atomic mass is 19.4. The monoisotopic (exact) mass is 458 g/mol. The number of para-hydroxylation sites is 1. The van der Waals surface area contributed by atoms with Crippen LogP contribution < -0.4 is 0 Å². The molecule has 0 radical (unpaired) electrons. The average Bonchev–Trinajstić information content (AvgIpc) is 3.08. The summed E-state index contributed by atoms with van der Waals surface area (Å²) in [5, 5.41) is 7.97. The molecule has 2 aromatic rings. The van der Waals surface area contributed by atoms with Gasteiger partial charge in [0.1, 0.15) is 12.8 Å². The number of aromatic nitrogens is 1. The highest BCUT2D eigenvalue weighted by Crippen LogP contribution is 2.34. The van der Waals surface area contributed by atoms with Crippen LogP contribution in [0.3, 0.4) is 0 Å². The molecular formula is C22H26F4N2O4. The fourth-order valence-electron chi connectivity index (χ4n) is 4.56. The molecule has 2 aliphatic heterocycles. The quantitative estimate of drug-likeness (QED) is 0.543. The van der Waals surface area contributed by atoms with Crippen LogP contribution in [-0.2, 0) is 16.1 Å². The Kier molecular flexibility index (Phi) is 7.43. The normalized spacial score (nSPS) is 23.3. The third-order valence-corrected chi connectivity index (χ3v) is 6.15. The lowest BCUT2D eigenvalue weighted by atomic mass is 9.83. The number of aliphatic carboxylic acids is 1. The van der Waals surface area contributed by atoms with Crippen molar-refractivity contribution in [1.29, 1.82) is 0 Å². The first-order valence-electron chi connectivity index (χ1n) is 10.5. The highest BCUT2D eigenvalue weighted by molar-refractivity contribution is 6.04. The zero-order valence-electron chi connectivity index (χ0n) is 17.6. The topological polar surface area (TPSA) is 71.8 Å². The van der Waals surface area contributed by atoms with Gasteiger partial charge in [-0.3, -0.25) is 0 Å². The lowest BCUT2D eigenvalue weighted by Crippen LogP contribution is -2.52. The predicted molar refractivity (Wildman–Crippen MR) is 109 cm³/mol. The van der Waals surface area contributed by atoms with Crippen molar-refractivity contribution >= 4 is 22.8 Å². The van der Waals surface area contributed by atoms with Crippen molar-refractivity contribution in [3.63, 3.8) is 0 Å². The van der Waals surface area contributed by atoms with Crippen LogP contribution in [0.5, 0.6) is 0 Å². The van der Waals surface area contributed by atoms with Gasteiger partial charge in [0.15, 0.2) is 0 Å². The standard InChI is InChI=1S/C20H25FN2O2.C2HF3O2/c1-22-14-5-4-6-15(22)12-16(11-14)25-20(24)18-13-23(10-9-21)19-8-3-2-7-17(18)19;3-2(4,5)1(6)7/h2-3,7-8,13-16H,4-6,9-12H2,1H3;(H,6,7)/t14-,15+,16?;. The fourth-order valence-corrected chi connectivity index (χ4v) is 4.56. The molecule has 1 aromatic carbocycles. The third-order valence-electron chi connectivity index (χ3n) is 6.15. The zero-order chi connectivity index (χ0) is 23.5. The molecule has 3 atom stereocenters. The van der Waals surface area contributed by atoms with E-state index in [1.165, 1.54) is 19.3 Å². The van der Waals surface area contributed by atoms with E-state index in [-0.39, 0.29) is 18.6 Å². The molecule has 2 fully saturated rings. The van der Waals surface area contributed by atoms with E-state index in [1.807, 2.05) is 24.3 Å². The van der Waals surface area contributed by atoms with Gasteiger partial charge in [-0.2, -0.15) is 13.2 Å². The van der Waals surface area contributed by atoms with E-state index in [4.69, 9.17) is 14.6 Å². The molecule has 0 spiro atoms. The Balaban J connectivity index is 0.000000360. The van der Waals surface area contributed by atoms with E-state index in [0.29, 0.717) is 17.6 Å². The fraction of sp³-hybridized carbons (Fsp3) is 0.545. The third kappa shape index (κ3) is 5.40. The molecule has 0 aliphatic carbocycles. The smallest absolute Gasteiger partial charge is 0.475 e. The molecule has 4 rings (SSSR count). The second kappa shape index (κ2) is 9.89. The Labute approximate surface area is 182 Å². The number of halogens is 4. The summed E-state index contributed by atoms with van der Waals surface area (Å²) in [6.45, 7) is -0.197. The molecule has 0 amide bonds. The summed E-state index contributed by atoms with van der Waals surface area (Å²) in [7, 11) is 2.19. The van der Waals surface area contributed by atoms with Crippen LogP contribution in [0.1, 0.15) is 42.5 Å². The molecule has 6 nitrogen and oxygen atoms in total. The van der Waals surface area contributed by atoms with Gasteiger partial charge in [0.2, 0.25) is 0 Å². The van der Waals surface area contributed by atoms with Crippen LogP contribution in [-0.4, -0.2) is 64.6 Å². The minimum Gasteiger partial charge on any atom is -0.475 e. The second-order valence-electron chi connectivity index (χ2n) is 8.15. The maximum atomic E-state index is 12.8. The molecule has 176 valence electrons. The number of carbonyl (C=O) groups is 2. The van der Waals surface area contributed by atoms with E-state index >= 15 is 0 Å². The van der Waals surface area contributed by atoms with E-state index in [9.17, 15) is 22.4 Å². The predicted octanol–water partition coefficient (Wildman–Crippen LogP) is 4.42. The van der Waals surface area contributed by atoms with Crippen molar-refractivity contribution in [2.24, 2.45) is 0 Å². The summed E-state index contributed by atoms with van der Waals surface area (Å²) in [5.41, 5.74) is 1.43. The number of aryl methyl sites for hydroxylation is 1. The Morgan fingerprint density at radius 1 is 1.16 bits per heavy atom. The molecule has 1 aromatic heterocycles. The first-order chi connectivity index (χ1) is 15.1. The van der Waals surface area contributed by atoms with Crippen molar-refractivity contribution in [2.45, 2.75) is 63.0 Å². The van der Waals surface area contributed by atoms with E-state index in [0.717, 1.165) is 23.7 Å². The Hall–Kier alpha value is -2.62. The lowest BCUT2D eigenvalue weighted by Gasteiger charge is -2.46. The van der Waals surface area contributed by atoms with Crippen LogP contribution in [0, 0.1) is 0 Å². The molecule has 2 bridgehead atoms. The van der Waals surface area contributed by atoms with Gasteiger partial charge in [0.25, 0.3) is 0 Å². The van der Waals surface area contributed by atoms with Crippen LogP contribution >= 0.6 is 0 Å². The molecule has 0 saturated carbocycles. The molecule has 3 heterocycles. The van der Waals surface area contributed by atoms with Crippen molar-refractivity contribution < 1.29 is 37.0 Å². The first kappa shape index (κ1) is 24.0. The molecular weight excluding hydrogens is 432 g/mol. The zero-order valence-corrected chi connectivity index (χ0v) is 17.6. The number of carbonyl (C=O) groups excluding carboxylic acids is 1. The summed E-state index contributed by atoms with van der Waals surface area (Å²) in [6.07, 6.45) is 2.14. The van der Waals surface area contributed by atoms with Gasteiger partial charge in [0, 0.05) is 42.0 Å². The molecule has 32 heavy (non-hydrogen) atoms. The number of hydrogen-bond acceptors (Lipinski definition) is 4. The van der Waals surface area contributed by atoms with Crippen molar-refractivity contribution in [3.8, 4) is 0 Å². The van der Waals surface area contributed by atoms with Crippen LogP contribution in [0.15, 0.2) is 30.5 Å². The minimum atomic E-state index is -5.08. The van der Waals surface area contributed by atoms with Crippen LogP contribution in [0.2, 0.25) is 0 Å². The molecule has 1 unspecified atom stereocenters. The number of hydrogen-bond donors (Lipinski definition) is 1. The van der Waals surface area contributed by atoms with Gasteiger partial charge in [-0.25, -0.2) is 14.0 Å². The Bertz CT molecular complexity index is 945. The highest BCUT2D eigenvalue weighted by Gasteiger charge is 2.39. The number of piperidine rings is 2. The Morgan fingerprint density at radius 2 is 1.75 bits per heavy atom. The van der Waals surface area contributed by atoms with Gasteiger partial charge in [0.05, 0.1) is 12.1 Å². The van der Waals surface area contributed by atoms with Gasteiger partial charge in [-0.15, -0.1) is 0 Å². The first-order valence-corrected chi connectivity index (χ1v) is 10.5. The number of fused-ring (bicyclic) bond motifs is 3. The van der Waals surface area contributed by atoms with Gasteiger partial charge < -0.3 is 19.3 Å². The van der Waals surface area contributed by atoms with Gasteiger partial charge >= 0.3 is 18.1 Å². The van der Waals surface area contributed by atoms with Gasteiger partial charge in [-0.1, -0.05) is 24.6 Å². The number of esters is 1. The molecule has 10 heteroatoms. The van der Waals surface area contributed by atoms with E-state index in [1.54, 1.807) is 10.8 Å². The Morgan fingerprint density at radius 3 is 2.31 bits per heavy atom. The number of ether oxygens (including phenoxy) is 1. The molecule has 2 aliphatic rings. The number of rotatable bonds is 4. The average molecular weight is 458 g/mol. The second-order valence-corrected chi connectivity index (χ2v) is 8.15. The minimum absolute atomic E-state index is 0.0118. The number of carboxylic acids is 1. The number of carboxylic acid groups (broad SMARTS) is 1. The maximum absolute atomic E-state index is 12.8. The van der Waals surface area contributed by atoms with Crippen molar-refractivity contribution in [3.05, 3.63) is 36.0 Å². The number of nitrogens with zero attached hydrogens (tertiary/aromatic N) is 2. The molecule has 1 N–H and O–H groups in total. The summed E-state index contributed by atoms with van der Waals surface area (Å²) in [5.74, 6) is -3.03. The summed E-state index contributed by atoms with van der Waals surface area (Å²) in [6, 6.07) is 8.69. The maximum Gasteiger partial charge on any atom is 0.490 e. The van der Waals surface area contributed by atoms with Crippen LogP contribution in [0.4, 0.5) is 17.6 Å². The molecule has 2 saturated heterocycles. The SMILES string of the molecule is CN1[C@@H]2CCC[C@H]1CC(OC(=O)c1cn(CCF)c3ccccc13)C2.O=C(O)C(F)(F)F. The van der Waals surface area contributed by atoms with Gasteiger partial charge in [-0.05, 0) is 26.0 Å². The largest absolute Gasteiger partial charge is 0.490 e. The van der Waals surface area contributed by atoms with Crippen molar-refractivity contribution in [2.75, 3.05) is 13.7 Å². The van der Waals surface area contributed by atoms with Crippen LogP contribution in [0.25, 0.3) is 10.9 Å². The lowest BCUT2D eigenvalue weighted by molar-refractivity contribution is -0.192. The van der Waals surface area contributed by atoms with E-state index in [2.05, 4.69) is 11.9 Å². The summed E-state index contributed by atoms with van der Waals surface area (Å²) < 4.78 is 52.2.